The molecule has 2 aliphatic heterocycles. The van der Waals surface area contributed by atoms with Crippen LogP contribution in [-0.2, 0) is 9.59 Å². The summed E-state index contributed by atoms with van der Waals surface area (Å²) in [6.07, 6.45) is 0. The highest BCUT2D eigenvalue weighted by atomic mass is 32.2. The van der Waals surface area contributed by atoms with Gasteiger partial charge in [0.25, 0.3) is 0 Å². The molecule has 0 bridgehead atoms. The number of carbonyl (C=O) groups is 2. The third-order valence-corrected chi connectivity index (χ3v) is 7.38. The van der Waals surface area contributed by atoms with Crippen LogP contribution in [-0.4, -0.2) is 22.1 Å². The molecule has 0 spiro atoms. The Labute approximate surface area is 172 Å². The third-order valence-electron chi connectivity index (χ3n) is 4.96. The van der Waals surface area contributed by atoms with E-state index < -0.39 is 34.8 Å². The summed E-state index contributed by atoms with van der Waals surface area (Å²) in [7, 11) is 0. The quantitative estimate of drug-likeness (QED) is 0.483. The molecule has 3 aromatic rings. The highest BCUT2D eigenvalue weighted by Gasteiger charge is 2.51. The fraction of sp³-hybridized carbons (Fsp3) is 0.150. The van der Waals surface area contributed by atoms with Crippen LogP contribution >= 0.6 is 23.1 Å². The van der Waals surface area contributed by atoms with E-state index in [0.717, 1.165) is 33.5 Å². The Morgan fingerprint density at radius 3 is 2.66 bits per heavy atom. The summed E-state index contributed by atoms with van der Waals surface area (Å²) in [4.78, 5) is 41.2. The molecule has 0 saturated heterocycles. The van der Waals surface area contributed by atoms with Gasteiger partial charge in [-0.05, 0) is 30.3 Å². The summed E-state index contributed by atoms with van der Waals surface area (Å²) in [5, 5.41) is 2.50. The number of para-hydroxylation sites is 1. The van der Waals surface area contributed by atoms with E-state index in [9.17, 15) is 18.8 Å². The van der Waals surface area contributed by atoms with Gasteiger partial charge in [0, 0.05) is 22.0 Å². The second-order valence-electron chi connectivity index (χ2n) is 6.70. The van der Waals surface area contributed by atoms with E-state index in [0.29, 0.717) is 16.5 Å². The van der Waals surface area contributed by atoms with Crippen molar-refractivity contribution >= 4 is 40.7 Å². The van der Waals surface area contributed by atoms with Gasteiger partial charge in [-0.3, -0.25) is 14.4 Å². The second-order valence-corrected chi connectivity index (χ2v) is 8.87. The van der Waals surface area contributed by atoms with Crippen molar-refractivity contribution in [2.45, 2.75) is 16.2 Å². The van der Waals surface area contributed by atoms with E-state index >= 15 is 0 Å². The number of aromatic amines is 1. The Bertz CT molecular complexity index is 1190. The van der Waals surface area contributed by atoms with Gasteiger partial charge in [0.15, 0.2) is 0 Å². The number of amides is 1. The normalized spacial score (nSPS) is 22.1. The predicted octanol–water partition coefficient (Wildman–Crippen LogP) is 3.36. The van der Waals surface area contributed by atoms with Crippen molar-refractivity contribution < 1.29 is 18.7 Å². The van der Waals surface area contributed by atoms with Crippen molar-refractivity contribution in [1.82, 2.24) is 4.98 Å². The lowest BCUT2D eigenvalue weighted by molar-refractivity contribution is -0.142. The molecule has 29 heavy (non-hydrogen) atoms. The lowest BCUT2D eigenvalue weighted by atomic mass is 9.80. The molecule has 146 valence electrons. The fourth-order valence-electron chi connectivity index (χ4n) is 3.72. The Kier molecular flexibility index (Phi) is 4.29. The van der Waals surface area contributed by atoms with Crippen LogP contribution < -0.4 is 14.9 Å². The number of hydrogen-bond donors (Lipinski definition) is 2. The number of thiazole rings is 1. The topological polar surface area (TPSA) is 88.3 Å². The zero-order valence-corrected chi connectivity index (χ0v) is 16.3. The largest absolute Gasteiger partial charge is 0.426 e. The fourth-order valence-corrected chi connectivity index (χ4v) is 6.18. The van der Waals surface area contributed by atoms with Crippen LogP contribution in [0.2, 0.25) is 0 Å². The summed E-state index contributed by atoms with van der Waals surface area (Å²) in [5.74, 6) is -2.12. The number of anilines is 1. The molecule has 6 nitrogen and oxygen atoms in total. The van der Waals surface area contributed by atoms with E-state index in [2.05, 4.69) is 10.3 Å². The standard InChI is InChI=1S/C20H13FN2O4S2/c21-9-5-7-10(8-6-9)22-17(24)15-14-13(16-18(28-15)23-20(26)29-16)11-3-1-2-4-12(11)27-19(14)25/h1-8,13-15H,(H,22,24)(H,23,26)/t13-,14-,15+/m0/s1. The number of hydrogen-bond acceptors (Lipinski definition) is 6. The van der Waals surface area contributed by atoms with E-state index in [1.807, 2.05) is 12.1 Å². The minimum atomic E-state index is -0.816. The van der Waals surface area contributed by atoms with E-state index in [1.54, 1.807) is 12.1 Å². The first-order valence-corrected chi connectivity index (χ1v) is 10.5. The summed E-state index contributed by atoms with van der Waals surface area (Å²) < 4.78 is 18.7. The molecule has 3 atom stereocenters. The van der Waals surface area contributed by atoms with E-state index in [4.69, 9.17) is 4.74 Å². The van der Waals surface area contributed by atoms with Crippen LogP contribution in [0.4, 0.5) is 10.1 Å². The number of thioether (sulfide) groups is 1. The van der Waals surface area contributed by atoms with Crippen molar-refractivity contribution in [3.05, 3.63) is 74.5 Å². The number of carbonyl (C=O) groups excluding carboxylic acids is 2. The number of rotatable bonds is 2. The maximum atomic E-state index is 13.1. The summed E-state index contributed by atoms with van der Waals surface area (Å²) in [6, 6.07) is 12.5. The van der Waals surface area contributed by atoms with Crippen LogP contribution in [0.15, 0.2) is 58.4 Å². The van der Waals surface area contributed by atoms with E-state index in [-0.39, 0.29) is 4.87 Å². The van der Waals surface area contributed by atoms with Gasteiger partial charge >= 0.3 is 10.8 Å². The molecule has 5 rings (SSSR count). The van der Waals surface area contributed by atoms with Crippen molar-refractivity contribution in [3.63, 3.8) is 0 Å². The van der Waals surface area contributed by atoms with Crippen LogP contribution in [0.5, 0.6) is 5.75 Å². The first-order valence-electron chi connectivity index (χ1n) is 8.78. The van der Waals surface area contributed by atoms with Gasteiger partial charge in [-0.1, -0.05) is 41.3 Å². The molecular weight excluding hydrogens is 415 g/mol. The third kappa shape index (κ3) is 3.06. The Balaban J connectivity index is 1.57. The Hall–Kier alpha value is -2.91. The predicted molar refractivity (Wildman–Crippen MR) is 107 cm³/mol. The maximum absolute atomic E-state index is 13.1. The first-order chi connectivity index (χ1) is 14.0. The molecular formula is C20H13FN2O4S2. The number of H-pyrrole nitrogens is 1. The van der Waals surface area contributed by atoms with Crippen molar-refractivity contribution in [2.75, 3.05) is 5.32 Å². The number of benzene rings is 2. The summed E-state index contributed by atoms with van der Waals surface area (Å²) in [5.41, 5.74) is 1.19. The number of esters is 1. The van der Waals surface area contributed by atoms with Gasteiger partial charge < -0.3 is 15.0 Å². The molecule has 9 heteroatoms. The molecule has 2 aliphatic rings. The SMILES string of the molecule is O=C1Oc2ccccc2[C@@H]2c3sc(=O)[nH]c3S[C@@H](C(=O)Nc3ccc(F)cc3)[C@@H]12. The minimum Gasteiger partial charge on any atom is -0.426 e. The average molecular weight is 428 g/mol. The molecule has 1 aromatic heterocycles. The van der Waals surface area contributed by atoms with Crippen LogP contribution in [0.25, 0.3) is 0 Å². The van der Waals surface area contributed by atoms with Crippen LogP contribution in [0.1, 0.15) is 16.4 Å². The lowest BCUT2D eigenvalue weighted by Crippen LogP contribution is -2.46. The Morgan fingerprint density at radius 1 is 1.10 bits per heavy atom. The highest BCUT2D eigenvalue weighted by molar-refractivity contribution is 8.00. The molecule has 1 amide bonds. The van der Waals surface area contributed by atoms with Gasteiger partial charge in [-0.2, -0.15) is 0 Å². The van der Waals surface area contributed by atoms with Gasteiger partial charge in [0.1, 0.15) is 16.8 Å². The minimum absolute atomic E-state index is 0.239. The van der Waals surface area contributed by atoms with Crippen molar-refractivity contribution in [3.8, 4) is 5.75 Å². The van der Waals surface area contributed by atoms with Gasteiger partial charge in [-0.25, -0.2) is 4.39 Å². The number of ether oxygens (including phenoxy) is 1. The molecule has 0 radical (unpaired) electrons. The van der Waals surface area contributed by atoms with Crippen LogP contribution in [0, 0.1) is 11.7 Å². The van der Waals surface area contributed by atoms with Gasteiger partial charge in [0.2, 0.25) is 5.91 Å². The number of nitrogens with one attached hydrogen (secondary N) is 2. The molecule has 3 heterocycles. The Morgan fingerprint density at radius 2 is 1.86 bits per heavy atom. The van der Waals surface area contributed by atoms with Gasteiger partial charge in [-0.15, -0.1) is 0 Å². The molecule has 0 saturated carbocycles. The molecule has 0 unspecified atom stereocenters. The summed E-state index contributed by atoms with van der Waals surface area (Å²) >= 11 is 2.19. The zero-order valence-electron chi connectivity index (χ0n) is 14.7. The monoisotopic (exact) mass is 428 g/mol. The zero-order chi connectivity index (χ0) is 20.1. The molecule has 2 N–H and O–H groups in total. The second kappa shape index (κ2) is 6.85. The smallest absolute Gasteiger partial charge is 0.317 e. The lowest BCUT2D eigenvalue weighted by Gasteiger charge is -2.38. The van der Waals surface area contributed by atoms with E-state index in [1.165, 1.54) is 24.3 Å². The van der Waals surface area contributed by atoms with Crippen molar-refractivity contribution in [1.29, 1.82) is 0 Å². The number of fused-ring (bicyclic) bond motifs is 5. The number of aromatic nitrogens is 1. The molecule has 0 aliphatic carbocycles. The van der Waals surface area contributed by atoms with Gasteiger partial charge in [0.05, 0.1) is 10.9 Å². The summed E-state index contributed by atoms with van der Waals surface area (Å²) in [6.45, 7) is 0. The molecule has 0 fully saturated rings. The average Bonchev–Trinajstić information content (AvgIpc) is 3.09. The highest BCUT2D eigenvalue weighted by Crippen LogP contribution is 2.53. The molecule has 2 aromatic carbocycles. The maximum Gasteiger partial charge on any atom is 0.317 e. The first kappa shape index (κ1) is 18.1. The van der Waals surface area contributed by atoms with Crippen molar-refractivity contribution in [2.24, 2.45) is 5.92 Å². The number of halogens is 1. The van der Waals surface area contributed by atoms with Crippen LogP contribution in [0.3, 0.4) is 0 Å².